The second kappa shape index (κ2) is 8.44. The monoisotopic (exact) mass is 381 g/mol. The van der Waals surface area contributed by atoms with E-state index in [-0.39, 0.29) is 11.8 Å². The number of ether oxygens (including phenoxy) is 1. The zero-order valence-corrected chi connectivity index (χ0v) is 16.6. The second-order valence-corrected chi connectivity index (χ2v) is 7.53. The molecular formula is C22H23NO3S. The number of nitrogens with zero attached hydrogens (tertiary/aromatic N) is 1. The maximum absolute atomic E-state index is 12.7. The number of methoxy groups -OCH3 is 1. The SMILES string of the molecule is COC(=O)CCn1c(C)cc(C(=O)CSc2ccc3ccccc3c2)c1C. The van der Waals surface area contributed by atoms with E-state index < -0.39 is 0 Å². The molecule has 4 nitrogen and oxygen atoms in total. The van der Waals surface area contributed by atoms with Gasteiger partial charge in [-0.3, -0.25) is 9.59 Å². The number of carbonyl (C=O) groups is 2. The van der Waals surface area contributed by atoms with Gasteiger partial charge in [-0.1, -0.05) is 30.3 Å². The summed E-state index contributed by atoms with van der Waals surface area (Å²) >= 11 is 1.55. The predicted molar refractivity (Wildman–Crippen MR) is 110 cm³/mol. The maximum atomic E-state index is 12.7. The molecule has 27 heavy (non-hydrogen) atoms. The average Bonchev–Trinajstić information content (AvgIpc) is 2.97. The smallest absolute Gasteiger partial charge is 0.307 e. The number of carbonyl (C=O) groups excluding carboxylic acids is 2. The first-order valence-electron chi connectivity index (χ1n) is 8.88. The van der Waals surface area contributed by atoms with Crippen LogP contribution < -0.4 is 0 Å². The van der Waals surface area contributed by atoms with Crippen LogP contribution in [0, 0.1) is 13.8 Å². The molecule has 0 spiro atoms. The lowest BCUT2D eigenvalue weighted by Gasteiger charge is -2.09. The van der Waals surface area contributed by atoms with E-state index >= 15 is 0 Å². The second-order valence-electron chi connectivity index (χ2n) is 6.48. The Balaban J connectivity index is 1.69. The van der Waals surface area contributed by atoms with Crippen LogP contribution in [0.15, 0.2) is 53.4 Å². The van der Waals surface area contributed by atoms with Crippen LogP contribution in [-0.4, -0.2) is 29.2 Å². The van der Waals surface area contributed by atoms with Gasteiger partial charge in [0.2, 0.25) is 0 Å². The van der Waals surface area contributed by atoms with Crippen molar-refractivity contribution < 1.29 is 14.3 Å². The number of esters is 1. The van der Waals surface area contributed by atoms with Crippen LogP contribution in [0.1, 0.15) is 28.2 Å². The number of hydrogen-bond donors (Lipinski definition) is 0. The van der Waals surface area contributed by atoms with Crippen molar-refractivity contribution in [2.24, 2.45) is 0 Å². The number of hydrogen-bond acceptors (Lipinski definition) is 4. The summed E-state index contributed by atoms with van der Waals surface area (Å²) in [6, 6.07) is 16.4. The fourth-order valence-corrected chi connectivity index (χ4v) is 4.04. The van der Waals surface area contributed by atoms with E-state index in [4.69, 9.17) is 4.74 Å². The molecule has 0 aliphatic rings. The van der Waals surface area contributed by atoms with E-state index in [1.54, 1.807) is 11.8 Å². The zero-order valence-electron chi connectivity index (χ0n) is 15.8. The third-order valence-electron chi connectivity index (χ3n) is 4.73. The Hall–Kier alpha value is -2.53. The van der Waals surface area contributed by atoms with Gasteiger partial charge in [0, 0.05) is 28.4 Å². The molecule has 140 valence electrons. The summed E-state index contributed by atoms with van der Waals surface area (Å²) in [5.74, 6) is 0.243. The summed E-state index contributed by atoms with van der Waals surface area (Å²) in [5.41, 5.74) is 2.61. The van der Waals surface area contributed by atoms with Gasteiger partial charge in [0.05, 0.1) is 19.3 Å². The van der Waals surface area contributed by atoms with Crippen LogP contribution in [0.3, 0.4) is 0 Å². The van der Waals surface area contributed by atoms with Crippen molar-refractivity contribution in [3.63, 3.8) is 0 Å². The number of aromatic nitrogens is 1. The number of rotatable bonds is 7. The summed E-state index contributed by atoms with van der Waals surface area (Å²) in [5, 5.41) is 2.37. The molecule has 0 amide bonds. The standard InChI is InChI=1S/C22H23NO3S/c1-15-12-20(16(2)23(15)11-10-22(25)26-3)21(24)14-27-19-9-8-17-6-4-5-7-18(17)13-19/h4-9,12-13H,10-11,14H2,1-3H3. The van der Waals surface area contributed by atoms with Gasteiger partial charge < -0.3 is 9.30 Å². The molecule has 0 fully saturated rings. The molecule has 0 bridgehead atoms. The molecule has 0 saturated heterocycles. The first kappa shape index (κ1) is 19.2. The molecular weight excluding hydrogens is 358 g/mol. The van der Waals surface area contributed by atoms with Crippen LogP contribution in [0.5, 0.6) is 0 Å². The quantitative estimate of drug-likeness (QED) is 0.335. The van der Waals surface area contributed by atoms with Crippen molar-refractivity contribution in [3.05, 3.63) is 65.5 Å². The number of benzene rings is 2. The molecule has 0 N–H and O–H groups in total. The van der Waals surface area contributed by atoms with Gasteiger partial charge >= 0.3 is 5.97 Å². The van der Waals surface area contributed by atoms with Gasteiger partial charge in [0.25, 0.3) is 0 Å². The molecule has 0 radical (unpaired) electrons. The normalized spacial score (nSPS) is 10.9. The van der Waals surface area contributed by atoms with Crippen LogP contribution >= 0.6 is 11.8 Å². The minimum atomic E-state index is -0.248. The number of fused-ring (bicyclic) bond motifs is 1. The highest BCUT2D eigenvalue weighted by Crippen LogP contribution is 2.25. The summed E-state index contributed by atoms with van der Waals surface area (Å²) < 4.78 is 6.71. The van der Waals surface area contributed by atoms with Crippen molar-refractivity contribution in [1.29, 1.82) is 0 Å². The van der Waals surface area contributed by atoms with Crippen LogP contribution in [-0.2, 0) is 16.1 Å². The Morgan fingerprint density at radius 1 is 1.04 bits per heavy atom. The third-order valence-corrected chi connectivity index (χ3v) is 5.73. The van der Waals surface area contributed by atoms with Crippen molar-refractivity contribution >= 4 is 34.3 Å². The van der Waals surface area contributed by atoms with Crippen LogP contribution in [0.4, 0.5) is 0 Å². The highest BCUT2D eigenvalue weighted by Gasteiger charge is 2.16. The molecule has 0 atom stereocenters. The largest absolute Gasteiger partial charge is 0.469 e. The molecule has 0 aliphatic heterocycles. The molecule has 0 unspecified atom stereocenters. The topological polar surface area (TPSA) is 48.3 Å². The molecule has 5 heteroatoms. The molecule has 1 heterocycles. The summed E-state index contributed by atoms with van der Waals surface area (Å²) in [6.45, 7) is 4.41. The van der Waals surface area contributed by atoms with E-state index in [1.807, 2.05) is 36.6 Å². The Morgan fingerprint density at radius 2 is 1.78 bits per heavy atom. The van der Waals surface area contributed by atoms with Gasteiger partial charge in [-0.05, 0) is 42.8 Å². The average molecular weight is 381 g/mol. The lowest BCUT2D eigenvalue weighted by Crippen LogP contribution is -2.10. The first-order valence-corrected chi connectivity index (χ1v) is 9.86. The van der Waals surface area contributed by atoms with E-state index in [0.29, 0.717) is 18.7 Å². The number of Topliss-reactive ketones (excluding diaryl/α,β-unsaturated/α-hetero) is 1. The summed E-state index contributed by atoms with van der Waals surface area (Å²) in [6.07, 6.45) is 0.298. The maximum Gasteiger partial charge on any atom is 0.307 e. The molecule has 1 aromatic heterocycles. The molecule has 0 aliphatic carbocycles. The van der Waals surface area contributed by atoms with Crippen molar-refractivity contribution in [3.8, 4) is 0 Å². The number of ketones is 1. The van der Waals surface area contributed by atoms with Crippen LogP contribution in [0.25, 0.3) is 10.8 Å². The van der Waals surface area contributed by atoms with E-state index in [1.165, 1.54) is 17.9 Å². The molecule has 0 saturated carbocycles. The molecule has 3 rings (SSSR count). The van der Waals surface area contributed by atoms with Crippen molar-refractivity contribution in [1.82, 2.24) is 4.57 Å². The fourth-order valence-electron chi connectivity index (χ4n) is 3.22. The number of aryl methyl sites for hydroxylation is 1. The Kier molecular flexibility index (Phi) is 6.01. The minimum Gasteiger partial charge on any atom is -0.469 e. The van der Waals surface area contributed by atoms with E-state index in [9.17, 15) is 9.59 Å². The van der Waals surface area contributed by atoms with E-state index in [0.717, 1.165) is 21.8 Å². The summed E-state index contributed by atoms with van der Waals surface area (Å²) in [7, 11) is 1.39. The number of thioether (sulfide) groups is 1. The summed E-state index contributed by atoms with van der Waals surface area (Å²) in [4.78, 5) is 25.2. The predicted octanol–water partition coefficient (Wildman–Crippen LogP) is 4.80. The zero-order chi connectivity index (χ0) is 19.4. The van der Waals surface area contributed by atoms with Crippen molar-refractivity contribution in [2.75, 3.05) is 12.9 Å². The van der Waals surface area contributed by atoms with E-state index in [2.05, 4.69) is 30.3 Å². The van der Waals surface area contributed by atoms with Gasteiger partial charge in [0.15, 0.2) is 5.78 Å². The third kappa shape index (κ3) is 4.42. The van der Waals surface area contributed by atoms with Gasteiger partial charge in [-0.15, -0.1) is 11.8 Å². The first-order chi connectivity index (χ1) is 13.0. The lowest BCUT2D eigenvalue weighted by atomic mass is 10.1. The Labute approximate surface area is 163 Å². The van der Waals surface area contributed by atoms with Gasteiger partial charge in [-0.2, -0.15) is 0 Å². The Bertz CT molecular complexity index is 990. The van der Waals surface area contributed by atoms with Gasteiger partial charge in [0.1, 0.15) is 0 Å². The van der Waals surface area contributed by atoms with Crippen molar-refractivity contribution in [2.45, 2.75) is 31.7 Å². The molecule has 3 aromatic rings. The fraction of sp³-hybridized carbons (Fsp3) is 0.273. The minimum absolute atomic E-state index is 0.102. The Morgan fingerprint density at radius 3 is 2.52 bits per heavy atom. The van der Waals surface area contributed by atoms with Crippen LogP contribution in [0.2, 0.25) is 0 Å². The van der Waals surface area contributed by atoms with Gasteiger partial charge in [-0.25, -0.2) is 0 Å². The highest BCUT2D eigenvalue weighted by atomic mass is 32.2. The highest BCUT2D eigenvalue weighted by molar-refractivity contribution is 8.00. The molecule has 2 aromatic carbocycles. The lowest BCUT2D eigenvalue weighted by molar-refractivity contribution is -0.140.